The number of ether oxygens (including phenoxy) is 2. The number of methoxy groups -OCH3 is 1. The van der Waals surface area contributed by atoms with E-state index in [1.165, 1.54) is 0 Å². The van der Waals surface area contributed by atoms with Gasteiger partial charge in [0.1, 0.15) is 11.2 Å². The highest BCUT2D eigenvalue weighted by molar-refractivity contribution is 6.35. The van der Waals surface area contributed by atoms with Crippen molar-refractivity contribution in [3.63, 3.8) is 0 Å². The molecule has 2 amide bonds. The molecule has 1 N–H and O–H groups in total. The van der Waals surface area contributed by atoms with Crippen LogP contribution >= 0.6 is 11.6 Å². The Morgan fingerprint density at radius 1 is 0.971 bits per heavy atom. The van der Waals surface area contributed by atoms with Gasteiger partial charge >= 0.3 is 0 Å². The first-order valence-electron chi connectivity index (χ1n) is 10.9. The van der Waals surface area contributed by atoms with Gasteiger partial charge in [-0.3, -0.25) is 14.9 Å². The van der Waals surface area contributed by atoms with Gasteiger partial charge in [-0.05, 0) is 38.7 Å². The molecular formula is C26H23ClN2O5. The zero-order chi connectivity index (χ0) is 24.0. The van der Waals surface area contributed by atoms with Crippen molar-refractivity contribution in [1.82, 2.24) is 10.2 Å². The number of imide groups is 1. The number of nitrogens with one attached hydrogen (secondary N) is 1. The average molecular weight is 479 g/mol. The van der Waals surface area contributed by atoms with Crippen LogP contribution in [-0.4, -0.2) is 51.1 Å². The Morgan fingerprint density at radius 3 is 2.47 bits per heavy atom. The molecule has 3 aromatic carbocycles. The first-order valence-corrected chi connectivity index (χ1v) is 11.3. The Balaban J connectivity index is 1.71. The molecule has 0 bridgehead atoms. The van der Waals surface area contributed by atoms with Crippen LogP contribution in [-0.2, 0) is 0 Å². The maximum absolute atomic E-state index is 12.9. The smallest absolute Gasteiger partial charge is 0.259 e. The zero-order valence-electron chi connectivity index (χ0n) is 19.0. The predicted molar refractivity (Wildman–Crippen MR) is 131 cm³/mol. The molecule has 7 nitrogen and oxygen atoms in total. The number of furan rings is 1. The van der Waals surface area contributed by atoms with E-state index in [9.17, 15) is 9.59 Å². The van der Waals surface area contributed by atoms with Crippen molar-refractivity contribution >= 4 is 45.4 Å². The van der Waals surface area contributed by atoms with Crippen molar-refractivity contribution in [3.8, 4) is 22.6 Å². The average Bonchev–Trinajstić information content (AvgIpc) is 3.31. The lowest BCUT2D eigenvalue weighted by atomic mass is 9.93. The van der Waals surface area contributed by atoms with E-state index in [0.29, 0.717) is 56.2 Å². The standard InChI is InChI=1S/C26H23ClN2O5/c1-29(2)9-6-10-33-20-13-18-16(12-19(20)32-3)22-21(34-18)11-15(14-7-4-5-8-17(14)27)23-24(22)26(31)28-25(23)30/h4-5,7-8,11-13H,6,9-10H2,1-3H3,(H,28,30,31). The first kappa shape index (κ1) is 22.3. The molecule has 0 radical (unpaired) electrons. The lowest BCUT2D eigenvalue weighted by Crippen LogP contribution is -2.20. The summed E-state index contributed by atoms with van der Waals surface area (Å²) in [6, 6.07) is 12.5. The van der Waals surface area contributed by atoms with Gasteiger partial charge in [0.25, 0.3) is 11.8 Å². The summed E-state index contributed by atoms with van der Waals surface area (Å²) in [6.45, 7) is 1.42. The molecular weight excluding hydrogens is 456 g/mol. The molecule has 0 spiro atoms. The van der Waals surface area contributed by atoms with Crippen molar-refractivity contribution in [2.45, 2.75) is 6.42 Å². The molecule has 0 fully saturated rings. The van der Waals surface area contributed by atoms with Gasteiger partial charge in [-0.25, -0.2) is 0 Å². The lowest BCUT2D eigenvalue weighted by molar-refractivity contribution is 0.0880. The van der Waals surface area contributed by atoms with Crippen molar-refractivity contribution in [1.29, 1.82) is 0 Å². The Morgan fingerprint density at radius 2 is 1.74 bits per heavy atom. The molecule has 2 heterocycles. The van der Waals surface area contributed by atoms with E-state index in [4.69, 9.17) is 25.5 Å². The summed E-state index contributed by atoms with van der Waals surface area (Å²) in [5.74, 6) is 0.147. The number of carbonyl (C=O) groups is 2. The van der Waals surface area contributed by atoms with Gasteiger partial charge in [0.05, 0.1) is 24.8 Å². The fraction of sp³-hybridized carbons (Fsp3) is 0.231. The highest BCUT2D eigenvalue weighted by Gasteiger charge is 2.35. The van der Waals surface area contributed by atoms with Gasteiger partial charge < -0.3 is 18.8 Å². The van der Waals surface area contributed by atoms with Gasteiger partial charge in [0, 0.05) is 39.5 Å². The number of nitrogens with zero attached hydrogens (tertiary/aromatic N) is 1. The minimum Gasteiger partial charge on any atom is -0.493 e. The zero-order valence-corrected chi connectivity index (χ0v) is 19.8. The molecule has 0 atom stereocenters. The predicted octanol–water partition coefficient (Wildman–Crippen LogP) is 5.13. The Kier molecular flexibility index (Phi) is 5.67. The van der Waals surface area contributed by atoms with E-state index in [0.717, 1.165) is 13.0 Å². The third kappa shape index (κ3) is 3.67. The van der Waals surface area contributed by atoms with Crippen LogP contribution in [0.1, 0.15) is 27.1 Å². The molecule has 34 heavy (non-hydrogen) atoms. The molecule has 0 saturated heterocycles. The van der Waals surface area contributed by atoms with Crippen LogP contribution in [0.25, 0.3) is 33.1 Å². The SMILES string of the molecule is COc1cc2c(cc1OCCCN(C)C)oc1cc(-c3ccccc3Cl)c3c(c12)C(=O)NC3=O. The number of benzene rings is 3. The Bertz CT molecular complexity index is 1460. The molecule has 5 rings (SSSR count). The van der Waals surface area contributed by atoms with Crippen molar-refractivity contribution < 1.29 is 23.5 Å². The van der Waals surface area contributed by atoms with Crippen LogP contribution in [0.15, 0.2) is 46.9 Å². The van der Waals surface area contributed by atoms with Crippen LogP contribution < -0.4 is 14.8 Å². The second-order valence-electron chi connectivity index (χ2n) is 8.42. The van der Waals surface area contributed by atoms with Crippen LogP contribution in [0.3, 0.4) is 0 Å². The van der Waals surface area contributed by atoms with E-state index < -0.39 is 11.8 Å². The quantitative estimate of drug-likeness (QED) is 0.293. The normalized spacial score (nSPS) is 13.1. The van der Waals surface area contributed by atoms with Crippen LogP contribution in [0, 0.1) is 0 Å². The van der Waals surface area contributed by atoms with Crippen LogP contribution in [0.4, 0.5) is 0 Å². The third-order valence-corrected chi connectivity index (χ3v) is 6.23. The monoisotopic (exact) mass is 478 g/mol. The lowest BCUT2D eigenvalue weighted by Gasteiger charge is -2.12. The second-order valence-corrected chi connectivity index (χ2v) is 8.82. The maximum atomic E-state index is 12.9. The van der Waals surface area contributed by atoms with Gasteiger partial charge in [-0.15, -0.1) is 0 Å². The first-order chi connectivity index (χ1) is 16.4. The number of amides is 2. The number of halogens is 1. The van der Waals surface area contributed by atoms with E-state index in [1.807, 2.05) is 32.3 Å². The van der Waals surface area contributed by atoms with Crippen molar-refractivity contribution in [3.05, 3.63) is 58.6 Å². The van der Waals surface area contributed by atoms with Gasteiger partial charge in [0.15, 0.2) is 11.5 Å². The maximum Gasteiger partial charge on any atom is 0.259 e. The summed E-state index contributed by atoms with van der Waals surface area (Å²) in [4.78, 5) is 27.8. The number of carbonyl (C=O) groups excluding carboxylic acids is 2. The van der Waals surface area contributed by atoms with Crippen molar-refractivity contribution in [2.24, 2.45) is 0 Å². The third-order valence-electron chi connectivity index (χ3n) is 5.90. The highest BCUT2D eigenvalue weighted by Crippen LogP contribution is 2.44. The fourth-order valence-corrected chi connectivity index (χ4v) is 4.60. The van der Waals surface area contributed by atoms with Gasteiger partial charge in [0.2, 0.25) is 0 Å². The van der Waals surface area contributed by atoms with Crippen molar-refractivity contribution in [2.75, 3.05) is 34.4 Å². The fourth-order valence-electron chi connectivity index (χ4n) is 4.36. The summed E-state index contributed by atoms with van der Waals surface area (Å²) in [7, 11) is 5.58. The summed E-state index contributed by atoms with van der Waals surface area (Å²) in [5, 5.41) is 4.12. The van der Waals surface area contributed by atoms with Gasteiger partial charge in [-0.2, -0.15) is 0 Å². The van der Waals surface area contributed by atoms with E-state index >= 15 is 0 Å². The molecule has 0 saturated carbocycles. The topological polar surface area (TPSA) is 81.0 Å². The Labute approximate surface area is 201 Å². The molecule has 174 valence electrons. The molecule has 8 heteroatoms. The number of rotatable bonds is 7. The second kappa shape index (κ2) is 8.66. The molecule has 1 aromatic heterocycles. The van der Waals surface area contributed by atoms with E-state index in [2.05, 4.69) is 10.2 Å². The molecule has 0 aliphatic carbocycles. The number of hydrogen-bond donors (Lipinski definition) is 1. The molecule has 1 aliphatic heterocycles. The minimum absolute atomic E-state index is 0.276. The summed E-state index contributed by atoms with van der Waals surface area (Å²) < 4.78 is 17.7. The van der Waals surface area contributed by atoms with E-state index in [1.54, 1.807) is 31.4 Å². The Hall–Kier alpha value is -3.55. The summed E-state index contributed by atoms with van der Waals surface area (Å²) >= 11 is 6.43. The number of hydrogen-bond acceptors (Lipinski definition) is 6. The summed E-state index contributed by atoms with van der Waals surface area (Å²) in [5.41, 5.74) is 2.76. The minimum atomic E-state index is -0.468. The van der Waals surface area contributed by atoms with Crippen LogP contribution in [0.5, 0.6) is 11.5 Å². The number of fused-ring (bicyclic) bond motifs is 5. The molecule has 0 unspecified atom stereocenters. The highest BCUT2D eigenvalue weighted by atomic mass is 35.5. The largest absolute Gasteiger partial charge is 0.493 e. The molecule has 4 aromatic rings. The van der Waals surface area contributed by atoms with E-state index in [-0.39, 0.29) is 11.1 Å². The van der Waals surface area contributed by atoms with Crippen LogP contribution in [0.2, 0.25) is 5.02 Å². The molecule has 1 aliphatic rings. The summed E-state index contributed by atoms with van der Waals surface area (Å²) in [6.07, 6.45) is 0.852. The van der Waals surface area contributed by atoms with Gasteiger partial charge in [-0.1, -0.05) is 29.8 Å².